The van der Waals surface area contributed by atoms with Crippen LogP contribution in [0.2, 0.25) is 0 Å². The van der Waals surface area contributed by atoms with Crippen molar-refractivity contribution >= 4 is 11.7 Å². The van der Waals surface area contributed by atoms with E-state index < -0.39 is 5.91 Å². The number of hydrogen-bond donors (Lipinski definition) is 3. The molecule has 0 unspecified atom stereocenters. The Hall–Kier alpha value is -2.40. The van der Waals surface area contributed by atoms with E-state index in [1.54, 1.807) is 12.1 Å². The number of rotatable bonds is 5. The van der Waals surface area contributed by atoms with Gasteiger partial charge in [-0.05, 0) is 35.7 Å². The molecule has 0 bridgehead atoms. The number of carbonyl (C=O) groups excluding carboxylic acids is 1. The van der Waals surface area contributed by atoms with Crippen LogP contribution in [-0.4, -0.2) is 16.9 Å². The number of carbonyl (C=O) groups is 1. The number of primary amides is 1. The van der Waals surface area contributed by atoms with E-state index in [0.717, 1.165) is 17.8 Å². The zero-order valence-electron chi connectivity index (χ0n) is 11.6. The minimum absolute atomic E-state index is 0.300. The van der Waals surface area contributed by atoms with Gasteiger partial charge in [0.25, 0.3) is 0 Å². The van der Waals surface area contributed by atoms with Crippen LogP contribution in [0.25, 0.3) is 0 Å². The molecular formula is C16H18N4O. The highest BCUT2D eigenvalue weighted by atomic mass is 16.1. The molecule has 2 aromatic rings. The number of pyridine rings is 1. The zero-order valence-corrected chi connectivity index (χ0v) is 11.6. The number of anilines is 1. The molecule has 21 heavy (non-hydrogen) atoms. The fourth-order valence-electron chi connectivity index (χ4n) is 2.31. The van der Waals surface area contributed by atoms with Gasteiger partial charge in [0.2, 0.25) is 5.91 Å². The molecule has 0 aliphatic heterocycles. The SMILES string of the molecule is NC(=O)c1ccc(CNc2ccc([C@H]3C[C@@H]3N)cn2)cc1. The first-order valence-electron chi connectivity index (χ1n) is 6.97. The van der Waals surface area contributed by atoms with Gasteiger partial charge in [-0.3, -0.25) is 4.79 Å². The van der Waals surface area contributed by atoms with E-state index in [0.29, 0.717) is 24.1 Å². The lowest BCUT2D eigenvalue weighted by Crippen LogP contribution is -2.10. The van der Waals surface area contributed by atoms with Crippen molar-refractivity contribution < 1.29 is 4.79 Å². The van der Waals surface area contributed by atoms with Crippen molar-refractivity contribution in [3.05, 3.63) is 59.3 Å². The van der Waals surface area contributed by atoms with Crippen molar-refractivity contribution in [1.82, 2.24) is 4.98 Å². The highest BCUT2D eigenvalue weighted by molar-refractivity contribution is 5.92. The van der Waals surface area contributed by atoms with Gasteiger partial charge < -0.3 is 16.8 Å². The Labute approximate surface area is 123 Å². The van der Waals surface area contributed by atoms with Gasteiger partial charge in [0.05, 0.1) is 0 Å². The summed E-state index contributed by atoms with van der Waals surface area (Å²) in [5.74, 6) is 0.893. The Morgan fingerprint density at radius 3 is 2.48 bits per heavy atom. The summed E-state index contributed by atoms with van der Waals surface area (Å²) in [4.78, 5) is 15.4. The Balaban J connectivity index is 1.58. The molecule has 1 aliphatic carbocycles. The Morgan fingerprint density at radius 1 is 1.24 bits per heavy atom. The average molecular weight is 282 g/mol. The van der Waals surface area contributed by atoms with Crippen molar-refractivity contribution in [3.8, 4) is 0 Å². The molecule has 5 N–H and O–H groups in total. The molecular weight excluding hydrogens is 264 g/mol. The van der Waals surface area contributed by atoms with E-state index in [-0.39, 0.29) is 0 Å². The van der Waals surface area contributed by atoms with Gasteiger partial charge in [-0.1, -0.05) is 18.2 Å². The molecule has 1 aromatic carbocycles. The number of hydrogen-bond acceptors (Lipinski definition) is 4. The van der Waals surface area contributed by atoms with E-state index in [9.17, 15) is 4.79 Å². The lowest BCUT2D eigenvalue weighted by atomic mass is 10.1. The standard InChI is InChI=1S/C16H18N4O/c17-14-7-13(14)12-5-6-15(20-9-12)19-8-10-1-3-11(4-2-10)16(18)21/h1-6,9,13-14H,7-8,17H2,(H2,18,21)(H,19,20)/t13-,14+/m1/s1. The summed E-state index contributed by atoms with van der Waals surface area (Å²) in [5, 5.41) is 3.25. The second-order valence-corrected chi connectivity index (χ2v) is 5.40. The molecule has 0 saturated heterocycles. The third-order valence-corrected chi connectivity index (χ3v) is 3.77. The van der Waals surface area contributed by atoms with Gasteiger partial charge in [-0.15, -0.1) is 0 Å². The first kappa shape index (κ1) is 13.6. The molecule has 0 radical (unpaired) electrons. The number of amides is 1. The average Bonchev–Trinajstić information content (AvgIpc) is 3.23. The van der Waals surface area contributed by atoms with Crippen LogP contribution in [0.15, 0.2) is 42.6 Å². The van der Waals surface area contributed by atoms with Crippen molar-refractivity contribution in [2.45, 2.75) is 24.9 Å². The smallest absolute Gasteiger partial charge is 0.248 e. The van der Waals surface area contributed by atoms with Gasteiger partial charge in [-0.25, -0.2) is 4.98 Å². The summed E-state index contributed by atoms with van der Waals surface area (Å²) in [6.45, 7) is 0.647. The van der Waals surface area contributed by atoms with Crippen LogP contribution in [-0.2, 0) is 6.54 Å². The molecule has 1 heterocycles. The predicted octanol–water partition coefficient (Wildman–Crippen LogP) is 1.61. The molecule has 5 nitrogen and oxygen atoms in total. The number of nitrogens with two attached hydrogens (primary N) is 2. The summed E-state index contributed by atoms with van der Waals surface area (Å²) in [7, 11) is 0. The number of nitrogens with one attached hydrogen (secondary N) is 1. The van der Waals surface area contributed by atoms with Crippen molar-refractivity contribution in [2.24, 2.45) is 11.5 Å². The van der Waals surface area contributed by atoms with Crippen molar-refractivity contribution in [3.63, 3.8) is 0 Å². The van der Waals surface area contributed by atoms with Gasteiger partial charge in [0.1, 0.15) is 5.82 Å². The summed E-state index contributed by atoms with van der Waals surface area (Å²) >= 11 is 0. The molecule has 1 saturated carbocycles. The fourth-order valence-corrected chi connectivity index (χ4v) is 2.31. The van der Waals surface area contributed by atoms with Crippen LogP contribution >= 0.6 is 0 Å². The third-order valence-electron chi connectivity index (χ3n) is 3.77. The minimum atomic E-state index is -0.412. The monoisotopic (exact) mass is 282 g/mol. The summed E-state index contributed by atoms with van der Waals surface area (Å²) in [6, 6.07) is 11.6. The second kappa shape index (κ2) is 5.54. The topological polar surface area (TPSA) is 94.0 Å². The van der Waals surface area contributed by atoms with E-state index >= 15 is 0 Å². The molecule has 2 atom stereocenters. The van der Waals surface area contributed by atoms with Gasteiger partial charge in [0.15, 0.2) is 0 Å². The lowest BCUT2D eigenvalue weighted by Gasteiger charge is -2.07. The molecule has 1 aliphatic rings. The fraction of sp³-hybridized carbons (Fsp3) is 0.250. The van der Waals surface area contributed by atoms with Crippen LogP contribution in [0.3, 0.4) is 0 Å². The molecule has 1 fully saturated rings. The van der Waals surface area contributed by atoms with Crippen LogP contribution in [0, 0.1) is 0 Å². The van der Waals surface area contributed by atoms with E-state index in [1.165, 1.54) is 5.56 Å². The van der Waals surface area contributed by atoms with Gasteiger partial charge >= 0.3 is 0 Å². The molecule has 108 valence electrons. The normalized spacial score (nSPS) is 20.0. The minimum Gasteiger partial charge on any atom is -0.366 e. The lowest BCUT2D eigenvalue weighted by molar-refractivity contribution is 0.100. The quantitative estimate of drug-likeness (QED) is 0.776. The predicted molar refractivity (Wildman–Crippen MR) is 81.9 cm³/mol. The highest BCUT2D eigenvalue weighted by Crippen LogP contribution is 2.38. The van der Waals surface area contributed by atoms with Crippen LogP contribution < -0.4 is 16.8 Å². The molecule has 1 aromatic heterocycles. The molecule has 5 heteroatoms. The van der Waals surface area contributed by atoms with E-state index in [4.69, 9.17) is 11.5 Å². The summed E-state index contributed by atoms with van der Waals surface area (Å²) in [5.41, 5.74) is 13.8. The van der Waals surface area contributed by atoms with E-state index in [1.807, 2.05) is 24.4 Å². The zero-order chi connectivity index (χ0) is 14.8. The van der Waals surface area contributed by atoms with Gasteiger partial charge in [0, 0.05) is 30.3 Å². The highest BCUT2D eigenvalue weighted by Gasteiger charge is 2.34. The largest absolute Gasteiger partial charge is 0.366 e. The Bertz CT molecular complexity index is 636. The van der Waals surface area contributed by atoms with Crippen molar-refractivity contribution in [1.29, 1.82) is 0 Å². The third kappa shape index (κ3) is 3.20. The number of benzene rings is 1. The molecule has 3 rings (SSSR count). The van der Waals surface area contributed by atoms with Crippen LogP contribution in [0.4, 0.5) is 5.82 Å². The second-order valence-electron chi connectivity index (χ2n) is 5.40. The van der Waals surface area contributed by atoms with Crippen molar-refractivity contribution in [2.75, 3.05) is 5.32 Å². The maximum Gasteiger partial charge on any atom is 0.248 e. The first-order valence-corrected chi connectivity index (χ1v) is 6.97. The summed E-state index contributed by atoms with van der Waals surface area (Å²) in [6.07, 6.45) is 2.94. The number of nitrogens with zero attached hydrogens (tertiary/aromatic N) is 1. The maximum absolute atomic E-state index is 11.0. The molecule has 1 amide bonds. The first-order chi connectivity index (χ1) is 10.1. The van der Waals surface area contributed by atoms with Gasteiger partial charge in [-0.2, -0.15) is 0 Å². The molecule has 0 spiro atoms. The van der Waals surface area contributed by atoms with E-state index in [2.05, 4.69) is 16.4 Å². The van der Waals surface area contributed by atoms with Crippen LogP contribution in [0.5, 0.6) is 0 Å². The maximum atomic E-state index is 11.0. The summed E-state index contributed by atoms with van der Waals surface area (Å²) < 4.78 is 0. The number of aromatic nitrogens is 1. The Morgan fingerprint density at radius 2 is 1.95 bits per heavy atom. The van der Waals surface area contributed by atoms with Crippen LogP contribution in [0.1, 0.15) is 33.8 Å². The Kier molecular flexibility index (Phi) is 3.58.